The molecule has 1 fully saturated rings. The molecule has 1 saturated heterocycles. The van der Waals surface area contributed by atoms with Gasteiger partial charge in [-0.3, -0.25) is 9.69 Å². The van der Waals surface area contributed by atoms with Crippen LogP contribution in [0.2, 0.25) is 0 Å². The first-order valence-electron chi connectivity index (χ1n) is 8.05. The molecule has 5 heteroatoms. The lowest BCUT2D eigenvalue weighted by Crippen LogP contribution is -2.74. The highest BCUT2D eigenvalue weighted by Crippen LogP contribution is 2.63. The van der Waals surface area contributed by atoms with Crippen molar-refractivity contribution < 1.29 is 19.7 Å². The molecule has 2 aliphatic carbocycles. The summed E-state index contributed by atoms with van der Waals surface area (Å²) in [5.41, 5.74) is 0.0368. The third-order valence-electron chi connectivity index (χ3n) is 6.12. The van der Waals surface area contributed by atoms with Crippen LogP contribution >= 0.6 is 0 Å². The maximum atomic E-state index is 12.5. The Morgan fingerprint density at radius 3 is 3.18 bits per heavy atom. The van der Waals surface area contributed by atoms with Gasteiger partial charge in [-0.05, 0) is 50.2 Å². The summed E-state index contributed by atoms with van der Waals surface area (Å²) in [7, 11) is 2.01. The summed E-state index contributed by atoms with van der Waals surface area (Å²) in [5, 5.41) is 16.3. The standard InChI is InChI=1S/C17H17NO4/c1-18-7-6-16-13-9-2-3-10(19)14(13)22-15(16)11(20)4-5-17(16,21)12(18)8-9/h2-5,12,15,19,21H,6-8H2,1H3/t12-,15+,16+,17-/m1/s1/i/hD. The van der Waals surface area contributed by atoms with Gasteiger partial charge in [-0.15, -0.1) is 0 Å². The van der Waals surface area contributed by atoms with Crippen LogP contribution in [0.4, 0.5) is 0 Å². The van der Waals surface area contributed by atoms with Crippen LogP contribution in [-0.4, -0.2) is 53.7 Å². The molecule has 0 saturated carbocycles. The van der Waals surface area contributed by atoms with Gasteiger partial charge in [0.25, 0.3) is 1.43 Å². The summed E-state index contributed by atoms with van der Waals surface area (Å²) >= 11 is 0. The highest BCUT2D eigenvalue weighted by Gasteiger charge is 2.71. The zero-order chi connectivity index (χ0) is 16.0. The number of benzene rings is 1. The van der Waals surface area contributed by atoms with Crippen molar-refractivity contribution >= 4 is 5.78 Å². The molecule has 4 aliphatic rings. The van der Waals surface area contributed by atoms with E-state index in [4.69, 9.17) is 11.3 Å². The molecule has 4 atom stereocenters. The number of hydrogen-bond donors (Lipinski definition) is 2. The lowest BCUT2D eigenvalue weighted by atomic mass is 9.51. The van der Waals surface area contributed by atoms with E-state index in [1.165, 1.54) is 6.08 Å². The second kappa shape index (κ2) is 3.55. The van der Waals surface area contributed by atoms with E-state index in [-0.39, 0.29) is 11.8 Å². The molecule has 2 heterocycles. The Kier molecular flexibility index (Phi) is 1.89. The van der Waals surface area contributed by atoms with Gasteiger partial charge in [-0.25, -0.2) is 0 Å². The van der Waals surface area contributed by atoms with Crippen LogP contribution in [-0.2, 0) is 16.6 Å². The highest BCUT2D eigenvalue weighted by atomic mass is 16.5. The lowest BCUT2D eigenvalue weighted by molar-refractivity contribution is -0.151. The highest BCUT2D eigenvalue weighted by molar-refractivity contribution is 5.99. The maximum absolute atomic E-state index is 12.5. The molecule has 1 aromatic carbocycles. The number of aliphatic hydroxyl groups is 1. The van der Waals surface area contributed by atoms with Crippen LogP contribution in [0.5, 0.6) is 11.5 Å². The molecule has 0 unspecified atom stereocenters. The van der Waals surface area contributed by atoms with Gasteiger partial charge >= 0.3 is 0 Å². The maximum Gasteiger partial charge on any atom is 0.293 e. The fourth-order valence-electron chi connectivity index (χ4n) is 5.12. The SMILES string of the molecule is [2H]Oc1ccc2c3c1O[C@H]1C(=O)C=C[C@@]4(O)[C@@H](C2)N(C)CC[C@]314. The van der Waals surface area contributed by atoms with Crippen LogP contribution < -0.4 is 4.74 Å². The zero-order valence-electron chi connectivity index (χ0n) is 13.2. The topological polar surface area (TPSA) is 70.0 Å². The molecule has 0 aromatic heterocycles. The number of phenols is 1. The number of ether oxygens (including phenoxy) is 1. The van der Waals surface area contributed by atoms with Gasteiger partial charge in [0, 0.05) is 11.6 Å². The predicted molar refractivity (Wildman–Crippen MR) is 78.0 cm³/mol. The lowest BCUT2D eigenvalue weighted by Gasteiger charge is -2.60. The number of rotatable bonds is 1. The minimum atomic E-state index is -1.14. The monoisotopic (exact) mass is 300 g/mol. The summed E-state index contributed by atoms with van der Waals surface area (Å²) < 4.78 is 13.3. The predicted octanol–water partition coefficient (Wildman–Crippen LogP) is 0.521. The zero-order valence-corrected chi connectivity index (χ0v) is 12.2. The van der Waals surface area contributed by atoms with E-state index in [1.807, 2.05) is 13.1 Å². The molecule has 2 N–H and O–H groups in total. The van der Waals surface area contributed by atoms with E-state index in [9.17, 15) is 9.90 Å². The Balaban J connectivity index is 1.89. The minimum Gasteiger partial charge on any atom is -0.504 e. The van der Waals surface area contributed by atoms with Crippen molar-refractivity contribution in [3.8, 4) is 11.5 Å². The number of likely N-dealkylation sites (tertiary alicyclic amines) is 1. The van der Waals surface area contributed by atoms with Crippen LogP contribution in [0.3, 0.4) is 0 Å². The van der Waals surface area contributed by atoms with Gasteiger partial charge in [0.1, 0.15) is 5.60 Å². The fourth-order valence-corrected chi connectivity index (χ4v) is 5.12. The number of piperidine rings is 1. The average molecular weight is 300 g/mol. The van der Waals surface area contributed by atoms with Gasteiger partial charge in [0.05, 0.1) is 5.41 Å². The third kappa shape index (κ3) is 1.08. The summed E-state index contributed by atoms with van der Waals surface area (Å²) in [5.74, 6) is 0.638. The Morgan fingerprint density at radius 1 is 1.50 bits per heavy atom. The number of likely N-dealkylation sites (N-methyl/N-ethyl adjacent to an activating group) is 1. The van der Waals surface area contributed by atoms with Gasteiger partial charge in [-0.2, -0.15) is 0 Å². The van der Waals surface area contributed by atoms with Crippen molar-refractivity contribution in [1.29, 1.82) is 1.43 Å². The number of ketones is 1. The van der Waals surface area contributed by atoms with Gasteiger partial charge < -0.3 is 15.0 Å². The molecule has 1 spiro atoms. The number of hydrogen-bond acceptors (Lipinski definition) is 5. The molecular weight excluding hydrogens is 282 g/mol. The molecule has 5 rings (SSSR count). The normalized spacial score (nSPS) is 41.7. The molecule has 5 nitrogen and oxygen atoms in total. The molecule has 22 heavy (non-hydrogen) atoms. The van der Waals surface area contributed by atoms with Crippen LogP contribution in [0.15, 0.2) is 24.3 Å². The number of aromatic hydroxyl groups is 1. The Bertz CT molecular complexity index is 778. The quantitative estimate of drug-likeness (QED) is 0.791. The van der Waals surface area contributed by atoms with E-state index >= 15 is 0 Å². The first kappa shape index (κ1) is 11.7. The minimum absolute atomic E-state index is 0.0899. The largest absolute Gasteiger partial charge is 0.504 e. The first-order valence-corrected chi connectivity index (χ1v) is 7.65. The Labute approximate surface area is 129 Å². The molecule has 1 aromatic rings. The van der Waals surface area contributed by atoms with E-state index in [0.717, 1.165) is 17.7 Å². The number of carbonyl (C=O) groups excluding carboxylic acids is 1. The van der Waals surface area contributed by atoms with E-state index in [0.29, 0.717) is 24.3 Å². The van der Waals surface area contributed by atoms with Gasteiger partial charge in [0.15, 0.2) is 23.4 Å². The molecular formula is C17H17NO4. The van der Waals surface area contributed by atoms with Crippen molar-refractivity contribution in [2.75, 3.05) is 13.6 Å². The van der Waals surface area contributed by atoms with Crippen molar-refractivity contribution in [2.45, 2.75) is 36.0 Å². The first-order chi connectivity index (χ1) is 11.0. The van der Waals surface area contributed by atoms with Crippen LogP contribution in [0.1, 0.15) is 17.5 Å². The van der Waals surface area contributed by atoms with Crippen LogP contribution in [0, 0.1) is 0 Å². The molecule has 0 radical (unpaired) electrons. The smallest absolute Gasteiger partial charge is 0.293 e. The molecule has 2 aliphatic heterocycles. The third-order valence-corrected chi connectivity index (χ3v) is 6.12. The summed E-state index contributed by atoms with van der Waals surface area (Å²) in [6.45, 7) is 0.790. The molecule has 0 amide bonds. The second-order valence-electron chi connectivity index (χ2n) is 6.91. The number of nitrogens with zero attached hydrogens (tertiary/aromatic N) is 1. The van der Waals surface area contributed by atoms with E-state index < -0.39 is 17.1 Å². The Hall–Kier alpha value is -1.85. The van der Waals surface area contributed by atoms with Crippen LogP contribution in [0.25, 0.3) is 0 Å². The number of phenolic OH excluding ortho intramolecular Hbond substituents is 1. The average Bonchev–Trinajstić information content (AvgIpc) is 2.90. The molecule has 2 bridgehead atoms. The number of carbonyl (C=O) groups is 1. The van der Waals surface area contributed by atoms with Gasteiger partial charge in [0.2, 0.25) is 0 Å². The second-order valence-corrected chi connectivity index (χ2v) is 6.91. The molecule has 114 valence electrons. The van der Waals surface area contributed by atoms with E-state index in [2.05, 4.69) is 4.90 Å². The van der Waals surface area contributed by atoms with Crippen molar-refractivity contribution in [1.82, 2.24) is 4.90 Å². The van der Waals surface area contributed by atoms with Crippen molar-refractivity contribution in [3.63, 3.8) is 0 Å². The summed E-state index contributed by atoms with van der Waals surface area (Å²) in [6.07, 6.45) is 3.71. The Morgan fingerprint density at radius 2 is 2.36 bits per heavy atom. The van der Waals surface area contributed by atoms with Gasteiger partial charge in [-0.1, -0.05) is 6.07 Å². The van der Waals surface area contributed by atoms with Crippen molar-refractivity contribution in [3.05, 3.63) is 35.4 Å². The van der Waals surface area contributed by atoms with Crippen molar-refractivity contribution in [2.24, 2.45) is 0 Å². The fraction of sp³-hybridized carbons (Fsp3) is 0.471. The summed E-state index contributed by atoms with van der Waals surface area (Å²) in [4.78, 5) is 14.7. The van der Waals surface area contributed by atoms with E-state index in [1.54, 1.807) is 12.1 Å². The summed E-state index contributed by atoms with van der Waals surface area (Å²) in [6, 6.07) is 3.56.